The number of aliphatic imine (C=N–C) groups is 1. The van der Waals surface area contributed by atoms with Crippen LogP contribution in [-0.4, -0.2) is 199 Å². The molecule has 0 saturated carbocycles. The Balaban J connectivity index is 1.54. The minimum atomic E-state index is -1.45. The van der Waals surface area contributed by atoms with Crippen molar-refractivity contribution in [2.24, 2.45) is 45.3 Å². The van der Waals surface area contributed by atoms with Crippen molar-refractivity contribution in [1.29, 1.82) is 0 Å². The number of carboxylic acid groups (broad SMARTS) is 1. The number of hydrogen-bond acceptors (Lipinski definition) is 17. The number of rotatable bonds is 38. The number of aliphatic carboxylic acids is 1. The van der Waals surface area contributed by atoms with Crippen LogP contribution in [0.25, 0.3) is 0 Å². The zero-order valence-corrected chi connectivity index (χ0v) is 48.5. The summed E-state index contributed by atoms with van der Waals surface area (Å²) in [5.74, 6) is -9.27. The van der Waals surface area contributed by atoms with Crippen molar-refractivity contribution in [1.82, 2.24) is 67.0 Å². The number of likely N-dealkylation sites (tertiary alicyclic amines) is 2. The molecule has 0 aromatic carbocycles. The van der Waals surface area contributed by atoms with Gasteiger partial charge in [-0.15, -0.1) is 0 Å². The van der Waals surface area contributed by atoms with Crippen LogP contribution in [0, 0.1) is 5.92 Å². The number of carboxylic acids is 1. The largest absolute Gasteiger partial charge is 0.480 e. The van der Waals surface area contributed by atoms with Gasteiger partial charge in [0.2, 0.25) is 59.1 Å². The lowest BCUT2D eigenvalue weighted by Gasteiger charge is -2.32. The van der Waals surface area contributed by atoms with E-state index in [1.165, 1.54) is 34.8 Å². The lowest BCUT2D eigenvalue weighted by atomic mass is 9.96. The molecule has 4 rings (SSSR count). The van der Waals surface area contributed by atoms with Gasteiger partial charge in [0.25, 0.3) is 0 Å². The van der Waals surface area contributed by atoms with Crippen molar-refractivity contribution < 1.29 is 57.8 Å². The fourth-order valence-corrected chi connectivity index (χ4v) is 9.97. The lowest BCUT2D eigenvalue weighted by molar-refractivity contribution is -0.143. The zero-order chi connectivity index (χ0) is 62.6. The maximum Gasteiger partial charge on any atom is 0.322 e. The monoisotopic (exact) mass is 1200 g/mol. The van der Waals surface area contributed by atoms with Gasteiger partial charge in [-0.05, 0) is 102 Å². The van der Waals surface area contributed by atoms with Crippen LogP contribution >= 0.6 is 0 Å². The molecule has 2 aromatic heterocycles. The van der Waals surface area contributed by atoms with Gasteiger partial charge in [-0.25, -0.2) is 9.97 Å². The molecule has 22 N–H and O–H groups in total. The predicted molar refractivity (Wildman–Crippen MR) is 308 cm³/mol. The van der Waals surface area contributed by atoms with E-state index in [4.69, 9.17) is 39.5 Å². The molecule has 2 aliphatic rings. The molecule has 0 aliphatic carbocycles. The number of imidazole rings is 2. The van der Waals surface area contributed by atoms with E-state index in [-0.39, 0.29) is 83.5 Å². The summed E-state index contributed by atoms with van der Waals surface area (Å²) in [6.45, 7) is 3.90. The SMILES string of the molecule is CC[C@H](C)[C@H](NC(=O)[C@@H]1CCCN1C(=O)[C@H](Cc1cnc[nH]1)NC(=O)[C@H](CCCCN)NC(=O)[C@@H]1CCCN1C(=O)[C@@H](N)CCCN=C(N)N)C(=O)N[C@@H](CCCCN)C(=O)N[C@@H](Cc1cnc[nH]1)C(=O)N[C@@H](CCC(N)=O)C(=O)NCC(=O)O. The Morgan fingerprint density at radius 3 is 1.65 bits per heavy atom. The molecule has 2 aliphatic heterocycles. The van der Waals surface area contributed by atoms with Crippen molar-refractivity contribution >= 4 is 71.0 Å². The van der Waals surface area contributed by atoms with Crippen LogP contribution < -0.4 is 71.6 Å². The van der Waals surface area contributed by atoms with Gasteiger partial charge in [0.05, 0.1) is 18.7 Å². The van der Waals surface area contributed by atoms with Crippen molar-refractivity contribution in [3.8, 4) is 0 Å². The van der Waals surface area contributed by atoms with E-state index in [2.05, 4.69) is 62.1 Å². The first kappa shape index (κ1) is 69.2. The molecule has 0 radical (unpaired) electrons. The third-order valence-corrected chi connectivity index (χ3v) is 14.8. The van der Waals surface area contributed by atoms with E-state index in [0.29, 0.717) is 75.7 Å². The third kappa shape index (κ3) is 22.7. The van der Waals surface area contributed by atoms with Crippen LogP contribution in [0.1, 0.15) is 122 Å². The second kappa shape index (κ2) is 35.8. The van der Waals surface area contributed by atoms with E-state index < -0.39 is 132 Å². The lowest BCUT2D eigenvalue weighted by Crippen LogP contribution is -2.61. The quantitative estimate of drug-likeness (QED) is 0.0170. The highest BCUT2D eigenvalue weighted by Crippen LogP contribution is 2.23. The maximum absolute atomic E-state index is 14.8. The topological polar surface area (TPSA) is 525 Å². The summed E-state index contributed by atoms with van der Waals surface area (Å²) >= 11 is 0. The number of nitrogens with zero attached hydrogens (tertiary/aromatic N) is 5. The summed E-state index contributed by atoms with van der Waals surface area (Å²) in [7, 11) is 0. The maximum atomic E-state index is 14.8. The number of amides is 10. The first-order valence-electron chi connectivity index (χ1n) is 28.9. The minimum absolute atomic E-state index is 0.0239. The summed E-state index contributed by atoms with van der Waals surface area (Å²) in [5, 5.41) is 27.6. The summed E-state index contributed by atoms with van der Waals surface area (Å²) in [5.41, 5.74) is 34.8. The molecule has 0 unspecified atom stereocenters. The number of aromatic amines is 2. The number of nitrogens with two attached hydrogens (primary N) is 6. The third-order valence-electron chi connectivity index (χ3n) is 14.8. The molecule has 2 aromatic rings. The van der Waals surface area contributed by atoms with E-state index in [0.717, 1.165) is 0 Å². The Morgan fingerprint density at radius 2 is 1.13 bits per heavy atom. The summed E-state index contributed by atoms with van der Waals surface area (Å²) in [6.07, 6.45) is 8.94. The molecule has 4 heterocycles. The Bertz CT molecular complexity index is 2570. The number of carbonyl (C=O) groups excluding carboxylic acids is 10. The number of unbranched alkanes of at least 4 members (excludes halogenated alkanes) is 2. The van der Waals surface area contributed by atoms with Crippen LogP contribution in [0.2, 0.25) is 0 Å². The van der Waals surface area contributed by atoms with Crippen LogP contribution in [0.15, 0.2) is 30.0 Å². The molecule has 2 fully saturated rings. The Morgan fingerprint density at radius 1 is 0.635 bits per heavy atom. The fourth-order valence-electron chi connectivity index (χ4n) is 9.97. The van der Waals surface area contributed by atoms with Gasteiger partial charge in [0, 0.05) is 62.7 Å². The van der Waals surface area contributed by atoms with Crippen molar-refractivity contribution in [3.05, 3.63) is 36.4 Å². The average Bonchev–Trinajstić information content (AvgIpc) is 4.45. The number of aromatic nitrogens is 4. The Labute approximate surface area is 492 Å². The van der Waals surface area contributed by atoms with Gasteiger partial charge in [-0.3, -0.25) is 57.7 Å². The normalized spacial score (nSPS) is 17.6. The molecule has 32 nitrogen and oxygen atoms in total. The number of nitrogens with one attached hydrogen (secondary N) is 9. The standard InChI is InChI=1S/C53H88N20O12/c1-3-30(2)43(50(83)68-35(13-5-7-19-55)45(78)69-37(23-31-25-60-28-64-31)47(80)66-36(16-17-41(57)74)44(77)63-27-42(75)76)71-49(82)40-15-10-22-73(40)52(85)38(24-32-26-61-29-65-32)70-46(79)34(12-4-6-18-54)67-48(81)39-14-9-21-72(39)51(84)33(56)11-8-20-62-53(58)59/h25-26,28-30,33-40,43H,3-24,27,54-56H2,1-2H3,(H2,57,74)(H,60,64)(H,61,65)(H,63,77)(H,66,80)(H,67,81)(H,68,83)(H,69,78)(H,70,79)(H,71,82)(H,75,76)(H4,58,59,62)/t30-,33-,34-,35-,36-,37-,38-,39-,40-,43-/m0/s1. The number of primary amides is 1. The summed E-state index contributed by atoms with van der Waals surface area (Å²) < 4.78 is 0. The smallest absolute Gasteiger partial charge is 0.322 e. The van der Waals surface area contributed by atoms with Gasteiger partial charge in [-0.2, -0.15) is 0 Å². The van der Waals surface area contributed by atoms with Crippen molar-refractivity contribution in [3.63, 3.8) is 0 Å². The summed E-state index contributed by atoms with van der Waals surface area (Å²) in [6, 6.07) is -10.9. The highest BCUT2D eigenvalue weighted by Gasteiger charge is 2.42. The molecule has 0 spiro atoms. The average molecular weight is 1200 g/mol. The van der Waals surface area contributed by atoms with E-state index >= 15 is 0 Å². The van der Waals surface area contributed by atoms with Crippen molar-refractivity contribution in [2.75, 3.05) is 39.3 Å². The van der Waals surface area contributed by atoms with Gasteiger partial charge >= 0.3 is 5.97 Å². The molecular weight excluding hydrogens is 1110 g/mol. The molecule has 472 valence electrons. The van der Waals surface area contributed by atoms with E-state index in [1.54, 1.807) is 13.8 Å². The second-order valence-corrected chi connectivity index (χ2v) is 21.4. The van der Waals surface area contributed by atoms with E-state index in [9.17, 15) is 52.7 Å². The molecule has 0 bridgehead atoms. The molecule has 32 heteroatoms. The predicted octanol–water partition coefficient (Wildman–Crippen LogP) is -5.04. The van der Waals surface area contributed by atoms with Gasteiger partial charge in [0.1, 0.15) is 54.9 Å². The van der Waals surface area contributed by atoms with Crippen LogP contribution in [-0.2, 0) is 65.6 Å². The minimum Gasteiger partial charge on any atom is -0.480 e. The first-order chi connectivity index (χ1) is 40.6. The van der Waals surface area contributed by atoms with E-state index in [1.807, 2.05) is 0 Å². The van der Waals surface area contributed by atoms with Crippen LogP contribution in [0.4, 0.5) is 0 Å². The molecule has 2 saturated heterocycles. The second-order valence-electron chi connectivity index (χ2n) is 21.4. The number of guanidine groups is 1. The van der Waals surface area contributed by atoms with Crippen LogP contribution in [0.3, 0.4) is 0 Å². The van der Waals surface area contributed by atoms with Gasteiger partial charge < -0.3 is 96.5 Å². The molecule has 85 heavy (non-hydrogen) atoms. The highest BCUT2D eigenvalue weighted by molar-refractivity contribution is 5.99. The number of H-pyrrole nitrogens is 2. The zero-order valence-electron chi connectivity index (χ0n) is 48.5. The van der Waals surface area contributed by atoms with Gasteiger partial charge in [0.15, 0.2) is 5.96 Å². The van der Waals surface area contributed by atoms with Crippen LogP contribution in [0.5, 0.6) is 0 Å². The van der Waals surface area contributed by atoms with Crippen molar-refractivity contribution in [2.45, 2.75) is 177 Å². The first-order valence-corrected chi connectivity index (χ1v) is 28.9. The molecular formula is C53H88N20O12. The number of carbonyl (C=O) groups is 11. The highest BCUT2D eigenvalue weighted by atomic mass is 16.4. The molecule has 10 atom stereocenters. The Hall–Kier alpha value is -8.26. The summed E-state index contributed by atoms with van der Waals surface area (Å²) in [4.78, 5) is 171. The van der Waals surface area contributed by atoms with Gasteiger partial charge in [-0.1, -0.05) is 20.3 Å². The Kier molecular flexibility index (Phi) is 29.1. The number of hydrogen-bond donors (Lipinski definition) is 16. The fraction of sp³-hybridized carbons (Fsp3) is 0.660. The molecule has 10 amide bonds.